The van der Waals surface area contributed by atoms with Gasteiger partial charge in [-0.25, -0.2) is 8.42 Å². The van der Waals surface area contributed by atoms with Crippen LogP contribution in [0.25, 0.3) is 0 Å². The van der Waals surface area contributed by atoms with E-state index in [2.05, 4.69) is 36.1 Å². The van der Waals surface area contributed by atoms with E-state index in [0.29, 0.717) is 37.5 Å². The van der Waals surface area contributed by atoms with Gasteiger partial charge in [0.25, 0.3) is 0 Å². The SMILES string of the molecule is Cc1ccc(CN2CCCN(S(=O)(=O)c3ccc(N4CCCC4=O)cc3)CC2)cc1. The van der Waals surface area contributed by atoms with Gasteiger partial charge in [-0.2, -0.15) is 4.31 Å². The summed E-state index contributed by atoms with van der Waals surface area (Å²) in [6.07, 6.45) is 2.23. The van der Waals surface area contributed by atoms with Gasteiger partial charge >= 0.3 is 0 Å². The lowest BCUT2D eigenvalue weighted by Crippen LogP contribution is -2.35. The van der Waals surface area contributed by atoms with Crippen molar-refractivity contribution in [2.75, 3.05) is 37.6 Å². The van der Waals surface area contributed by atoms with Gasteiger partial charge in [-0.15, -0.1) is 0 Å². The summed E-state index contributed by atoms with van der Waals surface area (Å²) in [7, 11) is -3.54. The van der Waals surface area contributed by atoms with Crippen LogP contribution in [0.3, 0.4) is 0 Å². The standard InChI is InChI=1S/C23H29N3O3S/c1-19-5-7-20(8-6-19)18-24-13-3-14-25(17-16-24)30(28,29)22-11-9-21(10-12-22)26-15-2-4-23(26)27/h5-12H,2-4,13-18H2,1H3. The van der Waals surface area contributed by atoms with Crippen LogP contribution in [0.4, 0.5) is 5.69 Å². The highest BCUT2D eigenvalue weighted by Gasteiger charge is 2.28. The van der Waals surface area contributed by atoms with Gasteiger partial charge in [-0.05, 0) is 56.1 Å². The van der Waals surface area contributed by atoms with Crippen molar-refractivity contribution in [3.8, 4) is 0 Å². The second-order valence-corrected chi connectivity index (χ2v) is 10.1. The summed E-state index contributed by atoms with van der Waals surface area (Å²) in [6.45, 7) is 6.23. The van der Waals surface area contributed by atoms with Gasteiger partial charge in [0.2, 0.25) is 15.9 Å². The molecule has 6 nitrogen and oxygen atoms in total. The lowest BCUT2D eigenvalue weighted by molar-refractivity contribution is -0.117. The molecule has 2 aromatic carbocycles. The smallest absolute Gasteiger partial charge is 0.243 e. The Morgan fingerprint density at radius 3 is 2.23 bits per heavy atom. The van der Waals surface area contributed by atoms with Crippen molar-refractivity contribution in [3.63, 3.8) is 0 Å². The van der Waals surface area contributed by atoms with Crippen LogP contribution in [-0.4, -0.2) is 56.3 Å². The van der Waals surface area contributed by atoms with Gasteiger partial charge in [0.15, 0.2) is 0 Å². The first-order chi connectivity index (χ1) is 14.4. The Labute approximate surface area is 179 Å². The highest BCUT2D eigenvalue weighted by atomic mass is 32.2. The van der Waals surface area contributed by atoms with Gasteiger partial charge in [0.05, 0.1) is 4.90 Å². The molecule has 30 heavy (non-hydrogen) atoms. The Hall–Kier alpha value is -2.22. The van der Waals surface area contributed by atoms with Crippen LogP contribution < -0.4 is 4.90 Å². The quantitative estimate of drug-likeness (QED) is 0.736. The summed E-state index contributed by atoms with van der Waals surface area (Å²) in [5.74, 6) is 0.104. The van der Waals surface area contributed by atoms with Crippen molar-refractivity contribution >= 4 is 21.6 Å². The molecule has 0 N–H and O–H groups in total. The number of aryl methyl sites for hydroxylation is 1. The zero-order valence-corrected chi connectivity index (χ0v) is 18.3. The fourth-order valence-electron chi connectivity index (χ4n) is 4.17. The zero-order valence-electron chi connectivity index (χ0n) is 17.5. The molecule has 2 saturated heterocycles. The van der Waals surface area contributed by atoms with Gasteiger partial charge in [0.1, 0.15) is 0 Å². The minimum atomic E-state index is -3.54. The van der Waals surface area contributed by atoms with Crippen LogP contribution in [0.15, 0.2) is 53.4 Å². The van der Waals surface area contributed by atoms with Gasteiger partial charge in [-0.3, -0.25) is 9.69 Å². The first-order valence-corrected chi connectivity index (χ1v) is 12.1. The van der Waals surface area contributed by atoms with Crippen molar-refractivity contribution in [1.29, 1.82) is 0 Å². The molecule has 0 saturated carbocycles. The summed E-state index contributed by atoms with van der Waals surface area (Å²) in [5, 5.41) is 0. The van der Waals surface area contributed by atoms with E-state index in [1.54, 1.807) is 33.5 Å². The zero-order chi connectivity index (χ0) is 21.1. The summed E-state index contributed by atoms with van der Waals surface area (Å²) in [4.78, 5) is 16.3. The molecule has 0 spiro atoms. The molecular weight excluding hydrogens is 398 g/mol. The van der Waals surface area contributed by atoms with Crippen LogP contribution in [0.1, 0.15) is 30.4 Å². The molecule has 0 unspecified atom stereocenters. The number of carbonyl (C=O) groups excluding carboxylic acids is 1. The third-order valence-electron chi connectivity index (χ3n) is 5.93. The number of rotatable bonds is 5. The predicted octanol–water partition coefficient (Wildman–Crippen LogP) is 3.02. The largest absolute Gasteiger partial charge is 0.312 e. The normalized spacial score (nSPS) is 19.2. The molecule has 2 heterocycles. The van der Waals surface area contributed by atoms with Crippen LogP contribution in [-0.2, 0) is 21.4 Å². The van der Waals surface area contributed by atoms with E-state index in [0.717, 1.165) is 31.6 Å². The molecule has 0 atom stereocenters. The van der Waals surface area contributed by atoms with E-state index >= 15 is 0 Å². The Bertz CT molecular complexity index is 987. The van der Waals surface area contributed by atoms with E-state index in [9.17, 15) is 13.2 Å². The Morgan fingerprint density at radius 1 is 0.833 bits per heavy atom. The highest BCUT2D eigenvalue weighted by molar-refractivity contribution is 7.89. The third kappa shape index (κ3) is 4.58. The highest BCUT2D eigenvalue weighted by Crippen LogP contribution is 2.25. The minimum Gasteiger partial charge on any atom is -0.312 e. The fraction of sp³-hybridized carbons (Fsp3) is 0.435. The number of amides is 1. The topological polar surface area (TPSA) is 60.9 Å². The first-order valence-electron chi connectivity index (χ1n) is 10.6. The van der Waals surface area contributed by atoms with Gasteiger partial charge < -0.3 is 4.90 Å². The average Bonchev–Trinajstić information content (AvgIpc) is 3.03. The summed E-state index contributed by atoms with van der Waals surface area (Å²) in [5.41, 5.74) is 3.27. The Kier molecular flexibility index (Phi) is 6.22. The molecule has 2 aliphatic heterocycles. The first kappa shape index (κ1) is 21.0. The van der Waals surface area contributed by atoms with Crippen LogP contribution in [0, 0.1) is 6.92 Å². The minimum absolute atomic E-state index is 0.104. The van der Waals surface area contributed by atoms with Crippen molar-refractivity contribution < 1.29 is 13.2 Å². The number of hydrogen-bond acceptors (Lipinski definition) is 4. The Morgan fingerprint density at radius 2 is 1.57 bits per heavy atom. The molecule has 2 fully saturated rings. The molecule has 160 valence electrons. The molecule has 7 heteroatoms. The van der Waals surface area contributed by atoms with E-state index in [1.807, 2.05) is 0 Å². The molecule has 0 bridgehead atoms. The fourth-order valence-corrected chi connectivity index (χ4v) is 5.64. The number of carbonyl (C=O) groups is 1. The van der Waals surface area contributed by atoms with E-state index in [-0.39, 0.29) is 5.91 Å². The Balaban J connectivity index is 1.41. The van der Waals surface area contributed by atoms with Crippen LogP contribution in [0.2, 0.25) is 0 Å². The van der Waals surface area contributed by atoms with Crippen molar-refractivity contribution in [1.82, 2.24) is 9.21 Å². The molecule has 4 rings (SSSR count). The number of nitrogens with zero attached hydrogens (tertiary/aromatic N) is 3. The second-order valence-electron chi connectivity index (χ2n) is 8.16. The number of benzene rings is 2. The maximum atomic E-state index is 13.2. The maximum Gasteiger partial charge on any atom is 0.243 e. The second kappa shape index (κ2) is 8.88. The van der Waals surface area contributed by atoms with Crippen molar-refractivity contribution in [2.24, 2.45) is 0 Å². The van der Waals surface area contributed by atoms with Crippen molar-refractivity contribution in [3.05, 3.63) is 59.7 Å². The van der Waals surface area contributed by atoms with E-state index < -0.39 is 10.0 Å². The lowest BCUT2D eigenvalue weighted by Gasteiger charge is -2.22. The predicted molar refractivity (Wildman–Crippen MR) is 118 cm³/mol. The van der Waals surface area contributed by atoms with Gasteiger partial charge in [-0.1, -0.05) is 29.8 Å². The van der Waals surface area contributed by atoms with Crippen LogP contribution in [0.5, 0.6) is 0 Å². The molecule has 0 aliphatic carbocycles. The van der Waals surface area contributed by atoms with Crippen molar-refractivity contribution in [2.45, 2.75) is 37.6 Å². The molecule has 0 radical (unpaired) electrons. The number of sulfonamides is 1. The molecule has 2 aliphatic rings. The van der Waals surface area contributed by atoms with Gasteiger partial charge in [0, 0.05) is 44.8 Å². The number of hydrogen-bond donors (Lipinski definition) is 0. The molecule has 0 aromatic heterocycles. The summed E-state index contributed by atoms with van der Waals surface area (Å²) in [6, 6.07) is 15.3. The lowest BCUT2D eigenvalue weighted by atomic mass is 10.1. The number of anilines is 1. The molecule has 2 aromatic rings. The van der Waals surface area contributed by atoms with E-state index in [4.69, 9.17) is 0 Å². The average molecular weight is 428 g/mol. The maximum absolute atomic E-state index is 13.2. The molecule has 1 amide bonds. The molecular formula is C23H29N3O3S. The summed E-state index contributed by atoms with van der Waals surface area (Å²) >= 11 is 0. The monoisotopic (exact) mass is 427 g/mol. The summed E-state index contributed by atoms with van der Waals surface area (Å²) < 4.78 is 27.9. The van der Waals surface area contributed by atoms with Crippen LogP contribution >= 0.6 is 0 Å². The van der Waals surface area contributed by atoms with E-state index in [1.165, 1.54) is 11.1 Å². The third-order valence-corrected chi connectivity index (χ3v) is 7.85.